The molecule has 1 saturated heterocycles. The van der Waals surface area contributed by atoms with Crippen LogP contribution in [0.15, 0.2) is 18.2 Å². The van der Waals surface area contributed by atoms with Crippen molar-refractivity contribution in [2.24, 2.45) is 5.92 Å². The molecule has 1 heterocycles. The largest absolute Gasteiger partial charge is 0.444 e. The van der Waals surface area contributed by atoms with Gasteiger partial charge < -0.3 is 9.84 Å². The van der Waals surface area contributed by atoms with Gasteiger partial charge in [0, 0.05) is 18.5 Å². The molecule has 122 valence electrons. The molecule has 2 atom stereocenters. The van der Waals surface area contributed by atoms with Crippen LogP contribution >= 0.6 is 0 Å². The molecule has 0 saturated carbocycles. The van der Waals surface area contributed by atoms with E-state index < -0.39 is 29.1 Å². The molecule has 0 aliphatic carbocycles. The Balaban J connectivity index is 2.41. The molecule has 1 N–H and O–H groups in total. The van der Waals surface area contributed by atoms with Gasteiger partial charge in [0.15, 0.2) is 5.72 Å². The van der Waals surface area contributed by atoms with Crippen LogP contribution in [0.25, 0.3) is 0 Å². The highest BCUT2D eigenvalue weighted by Gasteiger charge is 2.49. The Morgan fingerprint density at radius 2 is 2.05 bits per heavy atom. The molecule has 1 unspecified atom stereocenters. The predicted molar refractivity (Wildman–Crippen MR) is 77.0 cm³/mol. The van der Waals surface area contributed by atoms with Gasteiger partial charge >= 0.3 is 6.09 Å². The molecule has 2 rings (SSSR count). The first kappa shape index (κ1) is 16.7. The van der Waals surface area contributed by atoms with Crippen LogP contribution in [0.5, 0.6) is 0 Å². The standard InChI is InChI=1S/C16H21F2NO3/c1-10-8-16(21,12-7-11(17)5-6-13(12)18)19(9-10)14(20)22-15(2,3)4/h5-7,10,21H,8-9H2,1-4H3/t10-,16?/m1/s1. The summed E-state index contributed by atoms with van der Waals surface area (Å²) in [6.45, 7) is 7.14. The third-order valence-corrected chi connectivity index (χ3v) is 3.55. The molecular formula is C16H21F2NO3. The maximum Gasteiger partial charge on any atom is 0.412 e. The van der Waals surface area contributed by atoms with Crippen LogP contribution in [0.3, 0.4) is 0 Å². The van der Waals surface area contributed by atoms with Crippen molar-refractivity contribution in [1.29, 1.82) is 0 Å². The summed E-state index contributed by atoms with van der Waals surface area (Å²) in [5.74, 6) is -1.50. The van der Waals surface area contributed by atoms with Crippen molar-refractivity contribution in [3.05, 3.63) is 35.4 Å². The number of aliphatic hydroxyl groups is 1. The lowest BCUT2D eigenvalue weighted by molar-refractivity contribution is -0.0916. The van der Waals surface area contributed by atoms with E-state index in [4.69, 9.17) is 4.74 Å². The smallest absolute Gasteiger partial charge is 0.412 e. The summed E-state index contributed by atoms with van der Waals surface area (Å²) < 4.78 is 32.8. The number of hydrogen-bond donors (Lipinski definition) is 1. The van der Waals surface area contributed by atoms with E-state index in [-0.39, 0.29) is 24.4 Å². The van der Waals surface area contributed by atoms with Crippen LogP contribution in [-0.2, 0) is 10.5 Å². The second kappa shape index (κ2) is 5.50. The van der Waals surface area contributed by atoms with Crippen molar-refractivity contribution in [3.8, 4) is 0 Å². The molecule has 1 fully saturated rings. The minimum absolute atomic E-state index is 0.0693. The quantitative estimate of drug-likeness (QED) is 0.864. The van der Waals surface area contributed by atoms with E-state index in [0.29, 0.717) is 0 Å². The average molecular weight is 313 g/mol. The number of rotatable bonds is 1. The Kier molecular flexibility index (Phi) is 4.17. The van der Waals surface area contributed by atoms with Gasteiger partial charge in [0.05, 0.1) is 0 Å². The minimum atomic E-state index is -1.91. The van der Waals surface area contributed by atoms with E-state index >= 15 is 0 Å². The molecule has 22 heavy (non-hydrogen) atoms. The number of likely N-dealkylation sites (tertiary alicyclic amines) is 1. The van der Waals surface area contributed by atoms with Gasteiger partial charge in [-0.15, -0.1) is 0 Å². The van der Waals surface area contributed by atoms with Crippen LogP contribution in [0, 0.1) is 17.6 Å². The number of amides is 1. The van der Waals surface area contributed by atoms with Crippen LogP contribution in [0.4, 0.5) is 13.6 Å². The second-order valence-electron chi connectivity index (χ2n) is 6.84. The van der Waals surface area contributed by atoms with Gasteiger partial charge in [-0.1, -0.05) is 6.92 Å². The Morgan fingerprint density at radius 3 is 2.64 bits per heavy atom. The van der Waals surface area contributed by atoms with E-state index in [2.05, 4.69) is 0 Å². The fourth-order valence-corrected chi connectivity index (χ4v) is 2.73. The summed E-state index contributed by atoms with van der Waals surface area (Å²) >= 11 is 0. The zero-order chi connectivity index (χ0) is 16.7. The molecule has 0 aromatic heterocycles. The zero-order valence-corrected chi connectivity index (χ0v) is 13.2. The molecule has 1 aliphatic rings. The summed E-state index contributed by atoms with van der Waals surface area (Å²) in [5, 5.41) is 10.9. The minimum Gasteiger partial charge on any atom is -0.444 e. The van der Waals surface area contributed by atoms with Crippen LogP contribution in [0.1, 0.15) is 39.7 Å². The van der Waals surface area contributed by atoms with Crippen molar-refractivity contribution in [2.45, 2.75) is 45.4 Å². The molecule has 0 spiro atoms. The predicted octanol–water partition coefficient (Wildman–Crippen LogP) is 3.39. The Labute approximate surface area is 128 Å². The maximum absolute atomic E-state index is 14.1. The van der Waals surface area contributed by atoms with Gasteiger partial charge in [0.2, 0.25) is 0 Å². The second-order valence-corrected chi connectivity index (χ2v) is 6.84. The summed E-state index contributed by atoms with van der Waals surface area (Å²) in [6, 6.07) is 2.84. The molecule has 0 bridgehead atoms. The normalized spacial score (nSPS) is 25.4. The monoisotopic (exact) mass is 313 g/mol. The lowest BCUT2D eigenvalue weighted by atomic mass is 9.96. The van der Waals surface area contributed by atoms with Crippen LogP contribution in [-0.4, -0.2) is 28.2 Å². The number of benzene rings is 1. The number of hydrogen-bond acceptors (Lipinski definition) is 3. The third kappa shape index (κ3) is 3.21. The Hall–Kier alpha value is -1.69. The van der Waals surface area contributed by atoms with Crippen molar-refractivity contribution in [3.63, 3.8) is 0 Å². The molecular weight excluding hydrogens is 292 g/mol. The summed E-state index contributed by atoms with van der Waals surface area (Å²) in [6.07, 6.45) is -0.630. The van der Waals surface area contributed by atoms with E-state index in [1.165, 1.54) is 0 Å². The number of nitrogens with zero attached hydrogens (tertiary/aromatic N) is 1. The van der Waals surface area contributed by atoms with Gasteiger partial charge in [-0.05, 0) is 44.9 Å². The van der Waals surface area contributed by atoms with Crippen molar-refractivity contribution < 1.29 is 23.4 Å². The Bertz CT molecular complexity index is 585. The highest BCUT2D eigenvalue weighted by Crippen LogP contribution is 2.41. The van der Waals surface area contributed by atoms with Gasteiger partial charge in [0.25, 0.3) is 0 Å². The maximum atomic E-state index is 14.1. The van der Waals surface area contributed by atoms with E-state index in [9.17, 15) is 18.7 Å². The van der Waals surface area contributed by atoms with Crippen molar-refractivity contribution in [1.82, 2.24) is 4.90 Å². The SMILES string of the molecule is C[C@H]1CN(C(=O)OC(C)(C)C)C(O)(c2cc(F)ccc2F)C1. The number of halogens is 2. The highest BCUT2D eigenvalue weighted by molar-refractivity contribution is 5.70. The van der Waals surface area contributed by atoms with Gasteiger partial charge in [-0.25, -0.2) is 13.6 Å². The molecule has 1 aliphatic heterocycles. The molecule has 4 nitrogen and oxygen atoms in total. The number of ether oxygens (including phenoxy) is 1. The first-order valence-corrected chi connectivity index (χ1v) is 7.21. The van der Waals surface area contributed by atoms with E-state index in [0.717, 1.165) is 23.1 Å². The van der Waals surface area contributed by atoms with Crippen LogP contribution in [0.2, 0.25) is 0 Å². The molecule has 1 amide bonds. The Morgan fingerprint density at radius 1 is 1.41 bits per heavy atom. The topological polar surface area (TPSA) is 49.8 Å². The lowest BCUT2D eigenvalue weighted by Crippen LogP contribution is -2.47. The van der Waals surface area contributed by atoms with E-state index in [1.807, 2.05) is 6.92 Å². The lowest BCUT2D eigenvalue weighted by Gasteiger charge is -2.35. The summed E-state index contributed by atoms with van der Waals surface area (Å²) in [5.41, 5.74) is -2.90. The first-order valence-electron chi connectivity index (χ1n) is 7.21. The molecule has 6 heteroatoms. The molecule has 0 radical (unpaired) electrons. The van der Waals surface area contributed by atoms with Crippen molar-refractivity contribution >= 4 is 6.09 Å². The van der Waals surface area contributed by atoms with Gasteiger partial charge in [0.1, 0.15) is 17.2 Å². The van der Waals surface area contributed by atoms with Gasteiger partial charge in [-0.3, -0.25) is 4.90 Å². The zero-order valence-electron chi connectivity index (χ0n) is 13.2. The van der Waals surface area contributed by atoms with Crippen molar-refractivity contribution in [2.75, 3.05) is 6.54 Å². The van der Waals surface area contributed by atoms with Crippen LogP contribution < -0.4 is 0 Å². The molecule has 1 aromatic rings. The molecule has 1 aromatic carbocycles. The summed E-state index contributed by atoms with van der Waals surface area (Å²) in [7, 11) is 0. The fraction of sp³-hybridized carbons (Fsp3) is 0.562. The highest BCUT2D eigenvalue weighted by atomic mass is 19.1. The van der Waals surface area contributed by atoms with E-state index in [1.54, 1.807) is 20.8 Å². The summed E-state index contributed by atoms with van der Waals surface area (Å²) in [4.78, 5) is 13.4. The first-order chi connectivity index (χ1) is 10.0. The number of carbonyl (C=O) groups excluding carboxylic acids is 1. The number of carbonyl (C=O) groups is 1. The third-order valence-electron chi connectivity index (χ3n) is 3.55. The van der Waals surface area contributed by atoms with Gasteiger partial charge in [-0.2, -0.15) is 0 Å². The average Bonchev–Trinajstić information content (AvgIpc) is 2.67. The fourth-order valence-electron chi connectivity index (χ4n) is 2.73.